The highest BCUT2D eigenvalue weighted by Gasteiger charge is 2.12. The molecule has 0 aliphatic carbocycles. The molecule has 0 radical (unpaired) electrons. The van der Waals surface area contributed by atoms with Crippen molar-refractivity contribution >= 4 is 45.0 Å². The topological polar surface area (TPSA) is 78.5 Å². The van der Waals surface area contributed by atoms with Crippen LogP contribution in [0.5, 0.6) is 5.75 Å². The molecule has 0 aliphatic heterocycles. The Bertz CT molecular complexity index is 778. The molecule has 0 fully saturated rings. The fourth-order valence-corrected chi connectivity index (χ4v) is 2.49. The Morgan fingerprint density at radius 3 is 2.48 bits per heavy atom. The van der Waals surface area contributed by atoms with Crippen molar-refractivity contribution in [3.05, 3.63) is 52.0 Å². The van der Waals surface area contributed by atoms with E-state index in [1.165, 1.54) is 18.2 Å². The quantitative estimate of drug-likeness (QED) is 0.671. The summed E-state index contributed by atoms with van der Waals surface area (Å²) < 4.78 is 36.6. The number of hydrogen-bond acceptors (Lipinski definition) is 5. The van der Waals surface area contributed by atoms with Crippen LogP contribution < -0.4 is 9.50 Å². The number of nitrogens with one attached hydrogen (secondary N) is 1. The van der Waals surface area contributed by atoms with Crippen LogP contribution in [0.25, 0.3) is 0 Å². The first-order valence-electron chi connectivity index (χ1n) is 5.74. The fraction of sp³-hybridized carbons (Fsp3) is 0.0769. The van der Waals surface area contributed by atoms with Crippen molar-refractivity contribution in [2.45, 2.75) is 6.92 Å². The number of benzene rings is 2. The predicted octanol–water partition coefficient (Wildman–Crippen LogP) is 3.88. The fourth-order valence-electron chi connectivity index (χ4n) is 1.66. The molecule has 0 unspecified atom stereocenters. The summed E-state index contributed by atoms with van der Waals surface area (Å²) in [5.41, 5.74) is 1.45. The number of aryl methyl sites for hydroxylation is 1. The van der Waals surface area contributed by atoms with Crippen molar-refractivity contribution in [3.63, 3.8) is 0 Å². The van der Waals surface area contributed by atoms with Gasteiger partial charge in [-0.1, -0.05) is 41.4 Å². The number of rotatable bonds is 4. The van der Waals surface area contributed by atoms with E-state index in [0.717, 1.165) is 5.56 Å². The lowest BCUT2D eigenvalue weighted by Gasteiger charge is -2.16. The summed E-state index contributed by atoms with van der Waals surface area (Å²) in [6.45, 7) is 1.80. The third kappa shape index (κ3) is 4.01. The molecule has 0 bridgehead atoms. The van der Waals surface area contributed by atoms with Crippen molar-refractivity contribution in [2.75, 3.05) is 5.32 Å². The average molecular weight is 347 g/mol. The summed E-state index contributed by atoms with van der Waals surface area (Å²) in [6, 6.07) is 9.46. The van der Waals surface area contributed by atoms with Gasteiger partial charge in [-0.2, -0.15) is 0 Å². The molecular weight excluding hydrogens is 337 g/mol. The van der Waals surface area contributed by atoms with Crippen LogP contribution in [0.1, 0.15) is 5.56 Å². The van der Waals surface area contributed by atoms with Gasteiger partial charge in [0.2, 0.25) is 0 Å². The second-order valence-electron chi connectivity index (χ2n) is 4.17. The molecule has 0 atom stereocenters. The Morgan fingerprint density at radius 1 is 1.14 bits per heavy atom. The molecule has 2 rings (SSSR count). The summed E-state index contributed by atoms with van der Waals surface area (Å²) in [5, 5.41) is 3.62. The third-order valence-corrected chi connectivity index (χ3v) is 3.81. The van der Waals surface area contributed by atoms with Crippen LogP contribution in [0.15, 0.2) is 36.4 Å². The number of para-hydroxylation sites is 2. The van der Waals surface area contributed by atoms with Crippen LogP contribution in [0.3, 0.4) is 0 Å². The van der Waals surface area contributed by atoms with E-state index >= 15 is 0 Å². The molecule has 0 spiro atoms. The standard InChI is InChI=1S/C13H11Cl2NO4S/c1-8-6-7-9(14)13(12(8)15)16-10-4-2-3-5-11(10)20-21(17,18)19/h2-7,16H,1H3,(H,17,18,19)/p-1. The van der Waals surface area contributed by atoms with Crippen LogP contribution in [-0.2, 0) is 10.4 Å². The minimum Gasteiger partial charge on any atom is -0.716 e. The zero-order chi connectivity index (χ0) is 15.6. The van der Waals surface area contributed by atoms with E-state index in [0.29, 0.717) is 15.7 Å². The number of anilines is 2. The Morgan fingerprint density at radius 2 is 1.81 bits per heavy atom. The second-order valence-corrected chi connectivity index (χ2v) is 5.93. The van der Waals surface area contributed by atoms with Gasteiger partial charge in [0.25, 0.3) is 10.4 Å². The molecular formula is C13H10Cl2NO4S-. The highest BCUT2D eigenvalue weighted by atomic mass is 35.5. The second kappa shape index (κ2) is 6.11. The van der Waals surface area contributed by atoms with Gasteiger partial charge in [0, 0.05) is 0 Å². The van der Waals surface area contributed by atoms with Crippen LogP contribution in [0.4, 0.5) is 11.4 Å². The van der Waals surface area contributed by atoms with Crippen molar-refractivity contribution < 1.29 is 17.2 Å². The molecule has 0 amide bonds. The van der Waals surface area contributed by atoms with Gasteiger partial charge in [0.05, 0.1) is 21.4 Å². The molecule has 8 heteroatoms. The van der Waals surface area contributed by atoms with Gasteiger partial charge < -0.3 is 14.1 Å². The van der Waals surface area contributed by atoms with Crippen LogP contribution >= 0.6 is 23.2 Å². The summed E-state index contributed by atoms with van der Waals surface area (Å²) in [6.07, 6.45) is 0. The van der Waals surface area contributed by atoms with Gasteiger partial charge in [-0.25, -0.2) is 8.42 Å². The zero-order valence-electron chi connectivity index (χ0n) is 10.8. The summed E-state index contributed by atoms with van der Waals surface area (Å²) in [4.78, 5) is 0. The van der Waals surface area contributed by atoms with Gasteiger partial charge >= 0.3 is 0 Å². The Balaban J connectivity index is 2.44. The first-order valence-corrected chi connectivity index (χ1v) is 7.83. The molecule has 5 nitrogen and oxygen atoms in total. The SMILES string of the molecule is Cc1ccc(Cl)c(Nc2ccccc2OS(=O)(=O)[O-])c1Cl. The van der Waals surface area contributed by atoms with Gasteiger partial charge in [-0.3, -0.25) is 0 Å². The third-order valence-electron chi connectivity index (χ3n) is 2.62. The first kappa shape index (κ1) is 15.9. The minimum atomic E-state index is -4.88. The van der Waals surface area contributed by atoms with Gasteiger partial charge in [-0.15, -0.1) is 0 Å². The van der Waals surface area contributed by atoms with Crippen LogP contribution in [0, 0.1) is 6.92 Å². The van der Waals surface area contributed by atoms with Crippen molar-refractivity contribution in [3.8, 4) is 5.75 Å². The van der Waals surface area contributed by atoms with E-state index in [-0.39, 0.29) is 11.4 Å². The Hall–Kier alpha value is -1.47. The first-order chi connectivity index (χ1) is 9.78. The molecule has 0 aromatic heterocycles. The highest BCUT2D eigenvalue weighted by Crippen LogP contribution is 2.37. The van der Waals surface area contributed by atoms with Crippen molar-refractivity contribution in [1.29, 1.82) is 0 Å². The molecule has 0 heterocycles. The molecule has 0 aliphatic rings. The smallest absolute Gasteiger partial charge is 0.262 e. The molecule has 112 valence electrons. The lowest BCUT2D eigenvalue weighted by Crippen LogP contribution is -2.08. The largest absolute Gasteiger partial charge is 0.716 e. The lowest BCUT2D eigenvalue weighted by molar-refractivity contribution is 0.373. The van der Waals surface area contributed by atoms with Gasteiger partial charge in [-0.05, 0) is 30.7 Å². The summed E-state index contributed by atoms with van der Waals surface area (Å²) >= 11 is 12.2. The lowest BCUT2D eigenvalue weighted by atomic mass is 10.2. The van der Waals surface area contributed by atoms with Crippen molar-refractivity contribution in [2.24, 2.45) is 0 Å². The normalized spacial score (nSPS) is 11.2. The summed E-state index contributed by atoms with van der Waals surface area (Å²) in [7, 11) is -4.88. The van der Waals surface area contributed by atoms with E-state index in [9.17, 15) is 13.0 Å². The summed E-state index contributed by atoms with van der Waals surface area (Å²) in [5.74, 6) is -0.138. The Labute approximate surface area is 132 Å². The zero-order valence-corrected chi connectivity index (χ0v) is 13.1. The van der Waals surface area contributed by atoms with Gasteiger partial charge in [0.15, 0.2) is 5.75 Å². The van der Waals surface area contributed by atoms with E-state index in [1.807, 2.05) is 0 Å². The van der Waals surface area contributed by atoms with Crippen molar-refractivity contribution in [1.82, 2.24) is 0 Å². The number of halogens is 2. The molecule has 2 aromatic carbocycles. The van der Waals surface area contributed by atoms with E-state index < -0.39 is 10.4 Å². The average Bonchev–Trinajstić information content (AvgIpc) is 2.39. The molecule has 1 N–H and O–H groups in total. The predicted molar refractivity (Wildman–Crippen MR) is 81.2 cm³/mol. The van der Waals surface area contributed by atoms with Crippen LogP contribution in [0.2, 0.25) is 10.0 Å². The molecule has 0 saturated heterocycles. The minimum absolute atomic E-state index is 0.138. The molecule has 2 aromatic rings. The highest BCUT2D eigenvalue weighted by molar-refractivity contribution is 7.81. The Kier molecular flexibility index (Phi) is 4.63. The van der Waals surface area contributed by atoms with E-state index in [4.69, 9.17) is 23.2 Å². The maximum absolute atomic E-state index is 10.7. The number of hydrogen-bond donors (Lipinski definition) is 1. The van der Waals surface area contributed by atoms with Gasteiger partial charge in [0.1, 0.15) is 0 Å². The maximum atomic E-state index is 10.7. The van der Waals surface area contributed by atoms with E-state index in [2.05, 4.69) is 9.50 Å². The molecule has 21 heavy (non-hydrogen) atoms. The monoisotopic (exact) mass is 346 g/mol. The van der Waals surface area contributed by atoms with E-state index in [1.54, 1.807) is 25.1 Å². The molecule has 0 saturated carbocycles. The maximum Gasteiger partial charge on any atom is 0.262 e. The van der Waals surface area contributed by atoms with Crippen LogP contribution in [-0.4, -0.2) is 13.0 Å².